The van der Waals surface area contributed by atoms with Gasteiger partial charge in [-0.1, -0.05) is 11.3 Å². The number of alkyl halides is 1. The number of aromatic nitrogens is 2. The minimum absolute atomic E-state index is 0.160. The van der Waals surface area contributed by atoms with E-state index in [2.05, 4.69) is 15.5 Å². The molecule has 0 aliphatic rings. The standard InChI is InChI=1S/C12H12ClN3O2S/c1-18-9-4-2-8(3-5-9)11-15-16-12(19-11)14-10(17)6-7-13/h2-5H,6-7H2,1H3,(H,14,16,17). The second-order valence-electron chi connectivity index (χ2n) is 3.63. The molecule has 1 aromatic carbocycles. The highest BCUT2D eigenvalue weighted by atomic mass is 35.5. The number of halogens is 1. The molecule has 0 saturated carbocycles. The molecule has 0 aliphatic carbocycles. The quantitative estimate of drug-likeness (QED) is 0.862. The monoisotopic (exact) mass is 297 g/mol. The van der Waals surface area contributed by atoms with Gasteiger partial charge in [-0.25, -0.2) is 0 Å². The van der Waals surface area contributed by atoms with E-state index >= 15 is 0 Å². The summed E-state index contributed by atoms with van der Waals surface area (Å²) in [7, 11) is 1.62. The van der Waals surface area contributed by atoms with Crippen LogP contribution in [-0.2, 0) is 4.79 Å². The summed E-state index contributed by atoms with van der Waals surface area (Å²) in [6, 6.07) is 7.48. The van der Waals surface area contributed by atoms with Crippen molar-refractivity contribution in [3.8, 4) is 16.3 Å². The molecule has 5 nitrogen and oxygen atoms in total. The molecule has 100 valence electrons. The molecule has 0 saturated heterocycles. The molecule has 1 amide bonds. The van der Waals surface area contributed by atoms with E-state index in [1.165, 1.54) is 11.3 Å². The Balaban J connectivity index is 2.09. The molecule has 0 radical (unpaired) electrons. The molecule has 0 fully saturated rings. The zero-order chi connectivity index (χ0) is 13.7. The van der Waals surface area contributed by atoms with Gasteiger partial charge in [0.25, 0.3) is 0 Å². The molecule has 1 N–H and O–H groups in total. The third kappa shape index (κ3) is 3.65. The molecule has 0 aliphatic heterocycles. The van der Waals surface area contributed by atoms with Crippen LogP contribution in [0, 0.1) is 0 Å². The first-order chi connectivity index (χ1) is 9.22. The van der Waals surface area contributed by atoms with Crippen LogP contribution in [0.1, 0.15) is 6.42 Å². The average molecular weight is 298 g/mol. The Kier molecular flexibility index (Phi) is 4.70. The van der Waals surface area contributed by atoms with Crippen LogP contribution in [0.15, 0.2) is 24.3 Å². The zero-order valence-corrected chi connectivity index (χ0v) is 11.8. The number of ether oxygens (including phenoxy) is 1. The average Bonchev–Trinajstić information content (AvgIpc) is 2.87. The van der Waals surface area contributed by atoms with Crippen LogP contribution >= 0.6 is 22.9 Å². The van der Waals surface area contributed by atoms with Crippen LogP contribution in [0.25, 0.3) is 10.6 Å². The summed E-state index contributed by atoms with van der Waals surface area (Å²) in [4.78, 5) is 11.4. The van der Waals surface area contributed by atoms with Crippen LogP contribution in [0.5, 0.6) is 5.75 Å². The molecule has 1 heterocycles. The maximum Gasteiger partial charge on any atom is 0.227 e. The normalized spacial score (nSPS) is 10.2. The smallest absolute Gasteiger partial charge is 0.227 e. The minimum atomic E-state index is -0.160. The summed E-state index contributed by atoms with van der Waals surface area (Å²) in [5.74, 6) is 0.909. The van der Waals surface area contributed by atoms with E-state index in [0.717, 1.165) is 16.3 Å². The molecular weight excluding hydrogens is 286 g/mol. The Labute approximate surface area is 119 Å². The first-order valence-electron chi connectivity index (χ1n) is 5.56. The lowest BCUT2D eigenvalue weighted by Crippen LogP contribution is -2.11. The van der Waals surface area contributed by atoms with Gasteiger partial charge in [0, 0.05) is 17.9 Å². The van der Waals surface area contributed by atoms with Gasteiger partial charge in [-0.05, 0) is 24.3 Å². The van der Waals surface area contributed by atoms with Crippen LogP contribution < -0.4 is 10.1 Å². The number of carbonyl (C=O) groups is 1. The van der Waals surface area contributed by atoms with Crippen LogP contribution in [0.3, 0.4) is 0 Å². The minimum Gasteiger partial charge on any atom is -0.497 e. The van der Waals surface area contributed by atoms with Crippen molar-refractivity contribution in [1.29, 1.82) is 0 Å². The van der Waals surface area contributed by atoms with Gasteiger partial charge in [-0.3, -0.25) is 4.79 Å². The van der Waals surface area contributed by atoms with Gasteiger partial charge in [-0.15, -0.1) is 21.8 Å². The lowest BCUT2D eigenvalue weighted by atomic mass is 10.2. The molecule has 2 aromatic rings. The van der Waals surface area contributed by atoms with Gasteiger partial charge >= 0.3 is 0 Å². The van der Waals surface area contributed by atoms with Gasteiger partial charge < -0.3 is 10.1 Å². The van der Waals surface area contributed by atoms with Gasteiger partial charge in [0.1, 0.15) is 10.8 Å². The highest BCUT2D eigenvalue weighted by Gasteiger charge is 2.09. The number of nitrogens with one attached hydrogen (secondary N) is 1. The highest BCUT2D eigenvalue weighted by molar-refractivity contribution is 7.18. The highest BCUT2D eigenvalue weighted by Crippen LogP contribution is 2.27. The van der Waals surface area contributed by atoms with Gasteiger partial charge in [0.2, 0.25) is 11.0 Å². The molecule has 0 spiro atoms. The number of rotatable bonds is 5. The number of methoxy groups -OCH3 is 1. The Hall–Kier alpha value is -1.66. The Morgan fingerprint density at radius 2 is 2.11 bits per heavy atom. The molecule has 0 unspecified atom stereocenters. The van der Waals surface area contributed by atoms with Crippen molar-refractivity contribution < 1.29 is 9.53 Å². The van der Waals surface area contributed by atoms with E-state index in [1.807, 2.05) is 24.3 Å². The number of hydrogen-bond donors (Lipinski definition) is 1. The Morgan fingerprint density at radius 3 is 2.74 bits per heavy atom. The van der Waals surface area contributed by atoms with Gasteiger partial charge in [0.05, 0.1) is 7.11 Å². The lowest BCUT2D eigenvalue weighted by molar-refractivity contribution is -0.115. The summed E-state index contributed by atoms with van der Waals surface area (Å²) < 4.78 is 5.09. The second kappa shape index (κ2) is 6.49. The number of hydrogen-bond acceptors (Lipinski definition) is 5. The predicted molar refractivity (Wildman–Crippen MR) is 75.9 cm³/mol. The largest absolute Gasteiger partial charge is 0.497 e. The fourth-order valence-corrected chi connectivity index (χ4v) is 2.33. The summed E-state index contributed by atoms with van der Waals surface area (Å²) in [6.45, 7) is 0. The third-order valence-electron chi connectivity index (χ3n) is 2.33. The van der Waals surface area contributed by atoms with Crippen molar-refractivity contribution in [1.82, 2.24) is 10.2 Å². The number of anilines is 1. The van der Waals surface area contributed by atoms with Crippen molar-refractivity contribution in [2.24, 2.45) is 0 Å². The SMILES string of the molecule is COc1ccc(-c2nnc(NC(=O)CCCl)s2)cc1. The fourth-order valence-electron chi connectivity index (χ4n) is 1.39. The topological polar surface area (TPSA) is 64.1 Å². The number of benzene rings is 1. The Morgan fingerprint density at radius 1 is 1.37 bits per heavy atom. The molecule has 0 atom stereocenters. The molecule has 7 heteroatoms. The van der Waals surface area contributed by atoms with E-state index in [0.29, 0.717) is 5.13 Å². The molecule has 1 aromatic heterocycles. The maximum atomic E-state index is 11.4. The van der Waals surface area contributed by atoms with E-state index in [9.17, 15) is 4.79 Å². The fraction of sp³-hybridized carbons (Fsp3) is 0.250. The van der Waals surface area contributed by atoms with Crippen molar-refractivity contribution in [2.45, 2.75) is 6.42 Å². The predicted octanol–water partition coefficient (Wildman–Crippen LogP) is 2.78. The van der Waals surface area contributed by atoms with E-state index in [4.69, 9.17) is 16.3 Å². The first-order valence-corrected chi connectivity index (χ1v) is 6.92. The first kappa shape index (κ1) is 13.8. The van der Waals surface area contributed by atoms with Crippen molar-refractivity contribution in [2.75, 3.05) is 18.3 Å². The third-order valence-corrected chi connectivity index (χ3v) is 3.41. The van der Waals surface area contributed by atoms with Crippen molar-refractivity contribution >= 4 is 34.0 Å². The second-order valence-corrected chi connectivity index (χ2v) is 4.98. The van der Waals surface area contributed by atoms with Gasteiger partial charge in [0.15, 0.2) is 0 Å². The number of carbonyl (C=O) groups excluding carboxylic acids is 1. The summed E-state index contributed by atoms with van der Waals surface area (Å²) in [5, 5.41) is 11.8. The summed E-state index contributed by atoms with van der Waals surface area (Å²) in [6.07, 6.45) is 0.263. The molecule has 0 bridgehead atoms. The van der Waals surface area contributed by atoms with E-state index in [-0.39, 0.29) is 18.2 Å². The maximum absolute atomic E-state index is 11.4. The van der Waals surface area contributed by atoms with E-state index in [1.54, 1.807) is 7.11 Å². The summed E-state index contributed by atoms with van der Waals surface area (Å²) >= 11 is 6.80. The van der Waals surface area contributed by atoms with Crippen LogP contribution in [-0.4, -0.2) is 29.1 Å². The van der Waals surface area contributed by atoms with Crippen molar-refractivity contribution in [3.63, 3.8) is 0 Å². The van der Waals surface area contributed by atoms with E-state index < -0.39 is 0 Å². The zero-order valence-electron chi connectivity index (χ0n) is 10.2. The molecular formula is C12H12ClN3O2S. The van der Waals surface area contributed by atoms with Crippen LogP contribution in [0.4, 0.5) is 5.13 Å². The molecule has 2 rings (SSSR count). The molecule has 19 heavy (non-hydrogen) atoms. The Bertz CT molecular complexity index is 556. The van der Waals surface area contributed by atoms with Crippen molar-refractivity contribution in [3.05, 3.63) is 24.3 Å². The number of amides is 1. The number of nitrogens with zero attached hydrogens (tertiary/aromatic N) is 2. The van der Waals surface area contributed by atoms with Crippen LogP contribution in [0.2, 0.25) is 0 Å². The lowest BCUT2D eigenvalue weighted by Gasteiger charge is -1.99. The van der Waals surface area contributed by atoms with Gasteiger partial charge in [-0.2, -0.15) is 0 Å². The summed E-state index contributed by atoms with van der Waals surface area (Å²) in [5.41, 5.74) is 0.927.